The first-order valence-corrected chi connectivity index (χ1v) is 11.0. The Morgan fingerprint density at radius 1 is 1.16 bits per heavy atom. The van der Waals surface area contributed by atoms with Crippen LogP contribution in [0.2, 0.25) is 0 Å². The van der Waals surface area contributed by atoms with E-state index in [1.54, 1.807) is 6.07 Å². The fourth-order valence-corrected chi connectivity index (χ4v) is 4.69. The van der Waals surface area contributed by atoms with Crippen LogP contribution >= 0.6 is 11.3 Å². The molecule has 3 aromatic heterocycles. The molecular weight excluding hydrogens is 412 g/mol. The Hall–Kier alpha value is -3.07. The molecule has 8 heteroatoms. The summed E-state index contributed by atoms with van der Waals surface area (Å²) in [6.07, 6.45) is 0. The van der Waals surface area contributed by atoms with Gasteiger partial charge in [0.15, 0.2) is 11.6 Å². The molecule has 7 nitrogen and oxygen atoms in total. The van der Waals surface area contributed by atoms with Crippen LogP contribution in [-0.2, 0) is 11.3 Å². The van der Waals surface area contributed by atoms with Crippen molar-refractivity contribution in [2.24, 2.45) is 0 Å². The summed E-state index contributed by atoms with van der Waals surface area (Å²) in [5.41, 5.74) is 7.94. The Morgan fingerprint density at radius 3 is 2.77 bits per heavy atom. The number of morpholine rings is 1. The zero-order chi connectivity index (χ0) is 21.4. The molecule has 1 saturated heterocycles. The minimum atomic E-state index is -0.0402. The van der Waals surface area contributed by atoms with Gasteiger partial charge in [0.1, 0.15) is 16.4 Å². The van der Waals surface area contributed by atoms with Crippen molar-refractivity contribution in [1.29, 1.82) is 0 Å². The molecule has 0 aliphatic carbocycles. The number of thiophene rings is 1. The molecule has 158 valence electrons. The van der Waals surface area contributed by atoms with E-state index in [0.717, 1.165) is 44.2 Å². The summed E-state index contributed by atoms with van der Waals surface area (Å²) >= 11 is 1.32. The number of furan rings is 1. The summed E-state index contributed by atoms with van der Waals surface area (Å²) < 4.78 is 11.0. The van der Waals surface area contributed by atoms with E-state index in [1.807, 2.05) is 37.3 Å². The number of nitrogen functional groups attached to an aromatic ring is 1. The molecule has 0 atom stereocenters. The minimum absolute atomic E-state index is 0.0402. The van der Waals surface area contributed by atoms with E-state index in [9.17, 15) is 4.79 Å². The lowest BCUT2D eigenvalue weighted by atomic mass is 10.1. The third-order valence-corrected chi connectivity index (χ3v) is 6.33. The first-order chi connectivity index (χ1) is 15.1. The predicted molar refractivity (Wildman–Crippen MR) is 120 cm³/mol. The Kier molecular flexibility index (Phi) is 5.27. The first kappa shape index (κ1) is 19.9. The van der Waals surface area contributed by atoms with Gasteiger partial charge in [0, 0.05) is 25.2 Å². The van der Waals surface area contributed by atoms with Crippen molar-refractivity contribution in [2.45, 2.75) is 13.5 Å². The summed E-state index contributed by atoms with van der Waals surface area (Å²) in [7, 11) is 0. The quantitative estimate of drug-likeness (QED) is 0.476. The highest BCUT2D eigenvalue weighted by Crippen LogP contribution is 2.32. The normalized spacial score (nSPS) is 14.9. The molecule has 0 unspecified atom stereocenters. The molecule has 0 radical (unpaired) electrons. The Bertz CT molecular complexity index is 1260. The van der Waals surface area contributed by atoms with Crippen LogP contribution in [0.4, 0.5) is 5.82 Å². The van der Waals surface area contributed by atoms with E-state index in [1.165, 1.54) is 11.3 Å². The number of aryl methyl sites for hydroxylation is 1. The third-order valence-electron chi connectivity index (χ3n) is 5.31. The molecule has 1 fully saturated rings. The third kappa shape index (κ3) is 4.10. The van der Waals surface area contributed by atoms with Gasteiger partial charge < -0.3 is 14.9 Å². The Labute approximate surface area is 183 Å². The number of anilines is 1. The summed E-state index contributed by atoms with van der Waals surface area (Å²) in [5, 5.41) is 0.685. The number of fused-ring (bicyclic) bond motifs is 1. The van der Waals surface area contributed by atoms with E-state index < -0.39 is 0 Å². The average Bonchev–Trinajstić information content (AvgIpc) is 3.41. The molecule has 4 heterocycles. The average molecular weight is 435 g/mol. The van der Waals surface area contributed by atoms with E-state index in [4.69, 9.17) is 14.9 Å². The summed E-state index contributed by atoms with van der Waals surface area (Å²) in [5.74, 6) is 2.05. The van der Waals surface area contributed by atoms with Crippen molar-refractivity contribution in [3.63, 3.8) is 0 Å². The van der Waals surface area contributed by atoms with Crippen LogP contribution in [0.5, 0.6) is 0 Å². The number of hydrogen-bond donors (Lipinski definition) is 1. The van der Waals surface area contributed by atoms with Gasteiger partial charge in [-0.15, -0.1) is 11.3 Å². The summed E-state index contributed by atoms with van der Waals surface area (Å²) in [6.45, 7) is 5.99. The predicted octanol–water partition coefficient (Wildman–Crippen LogP) is 3.91. The van der Waals surface area contributed by atoms with Crippen LogP contribution in [0.25, 0.3) is 21.8 Å². The van der Waals surface area contributed by atoms with Crippen molar-refractivity contribution in [3.8, 4) is 11.6 Å². The van der Waals surface area contributed by atoms with Crippen molar-refractivity contribution in [3.05, 3.63) is 64.2 Å². The molecule has 31 heavy (non-hydrogen) atoms. The van der Waals surface area contributed by atoms with Crippen LogP contribution in [0, 0.1) is 6.92 Å². The van der Waals surface area contributed by atoms with Crippen molar-refractivity contribution in [2.75, 3.05) is 32.0 Å². The number of carbonyl (C=O) groups excluding carboxylic acids is 1. The van der Waals surface area contributed by atoms with Gasteiger partial charge in [0.05, 0.1) is 23.5 Å². The lowest BCUT2D eigenvalue weighted by molar-refractivity contribution is 0.0342. The number of nitrogens with zero attached hydrogens (tertiary/aromatic N) is 3. The van der Waals surface area contributed by atoms with Crippen molar-refractivity contribution < 1.29 is 13.9 Å². The molecule has 5 rings (SSSR count). The SMILES string of the molecule is Cc1ccc(-c2nc(N)c3cc(C(=O)c4cccc(CN5CCOCC5)c4)sc3n2)o1. The van der Waals surface area contributed by atoms with E-state index >= 15 is 0 Å². The summed E-state index contributed by atoms with van der Waals surface area (Å²) in [4.78, 5) is 25.7. The van der Waals surface area contributed by atoms with E-state index in [0.29, 0.717) is 38.1 Å². The lowest BCUT2D eigenvalue weighted by Crippen LogP contribution is -2.35. The molecule has 2 N–H and O–H groups in total. The molecule has 0 spiro atoms. The van der Waals surface area contributed by atoms with Crippen molar-refractivity contribution in [1.82, 2.24) is 14.9 Å². The van der Waals surface area contributed by atoms with Gasteiger partial charge in [0.25, 0.3) is 0 Å². The fraction of sp³-hybridized carbons (Fsp3) is 0.261. The Morgan fingerprint density at radius 2 is 2.00 bits per heavy atom. The second-order valence-electron chi connectivity index (χ2n) is 7.59. The van der Waals surface area contributed by atoms with Gasteiger partial charge in [-0.05, 0) is 36.8 Å². The number of benzene rings is 1. The van der Waals surface area contributed by atoms with Crippen LogP contribution in [-0.4, -0.2) is 47.0 Å². The highest BCUT2D eigenvalue weighted by Gasteiger charge is 2.18. The number of hydrogen-bond acceptors (Lipinski definition) is 8. The van der Waals surface area contributed by atoms with Gasteiger partial charge in [-0.25, -0.2) is 9.97 Å². The smallest absolute Gasteiger partial charge is 0.203 e. The standard InChI is InChI=1S/C23H22N4O3S/c1-14-5-6-18(30-14)22-25-21(24)17-12-19(31-23(17)26-22)20(28)16-4-2-3-15(11-16)13-27-7-9-29-10-8-27/h2-6,11-12H,7-10,13H2,1H3,(H2,24,25,26). The molecular formula is C23H22N4O3S. The van der Waals surface area contributed by atoms with Crippen LogP contribution < -0.4 is 5.73 Å². The van der Waals surface area contributed by atoms with E-state index in [-0.39, 0.29) is 5.78 Å². The second-order valence-corrected chi connectivity index (χ2v) is 8.62. The number of aromatic nitrogens is 2. The molecule has 1 aromatic carbocycles. The maximum atomic E-state index is 13.2. The molecule has 0 bridgehead atoms. The number of nitrogens with two attached hydrogens (primary N) is 1. The number of ether oxygens (including phenoxy) is 1. The minimum Gasteiger partial charge on any atom is -0.458 e. The second kappa shape index (κ2) is 8.22. The van der Waals surface area contributed by atoms with E-state index in [2.05, 4.69) is 20.9 Å². The topological polar surface area (TPSA) is 94.5 Å². The maximum absolute atomic E-state index is 13.2. The van der Waals surface area contributed by atoms with Gasteiger partial charge in [-0.3, -0.25) is 9.69 Å². The number of ketones is 1. The number of carbonyl (C=O) groups is 1. The molecule has 4 aromatic rings. The molecule has 1 aliphatic heterocycles. The largest absolute Gasteiger partial charge is 0.458 e. The monoisotopic (exact) mass is 434 g/mol. The van der Waals surface area contributed by atoms with Crippen LogP contribution in [0.1, 0.15) is 26.6 Å². The zero-order valence-electron chi connectivity index (χ0n) is 17.1. The van der Waals surface area contributed by atoms with Gasteiger partial charge in [-0.2, -0.15) is 0 Å². The fourth-order valence-electron chi connectivity index (χ4n) is 3.69. The Balaban J connectivity index is 1.43. The van der Waals surface area contributed by atoms with Crippen molar-refractivity contribution >= 4 is 33.2 Å². The first-order valence-electron chi connectivity index (χ1n) is 10.1. The van der Waals surface area contributed by atoms with Gasteiger partial charge >= 0.3 is 0 Å². The zero-order valence-corrected chi connectivity index (χ0v) is 17.9. The highest BCUT2D eigenvalue weighted by molar-refractivity contribution is 7.20. The van der Waals surface area contributed by atoms with Crippen LogP contribution in [0.15, 0.2) is 46.9 Å². The number of rotatable bonds is 5. The van der Waals surface area contributed by atoms with Gasteiger partial charge in [-0.1, -0.05) is 18.2 Å². The van der Waals surface area contributed by atoms with Crippen LogP contribution in [0.3, 0.4) is 0 Å². The lowest BCUT2D eigenvalue weighted by Gasteiger charge is -2.26. The molecule has 0 amide bonds. The maximum Gasteiger partial charge on any atom is 0.203 e. The highest BCUT2D eigenvalue weighted by atomic mass is 32.1. The summed E-state index contributed by atoms with van der Waals surface area (Å²) in [6, 6.07) is 13.3. The molecule has 1 aliphatic rings. The molecule has 0 saturated carbocycles. The van der Waals surface area contributed by atoms with Gasteiger partial charge in [0.2, 0.25) is 5.78 Å².